The van der Waals surface area contributed by atoms with E-state index in [1.807, 2.05) is 11.0 Å². The summed E-state index contributed by atoms with van der Waals surface area (Å²) in [7, 11) is 0. The van der Waals surface area contributed by atoms with Crippen molar-refractivity contribution in [2.24, 2.45) is 0 Å². The smallest absolute Gasteiger partial charge is 0.237 e. The zero-order valence-corrected chi connectivity index (χ0v) is 16.7. The fourth-order valence-corrected chi connectivity index (χ4v) is 4.44. The predicted octanol–water partition coefficient (Wildman–Crippen LogP) is 3.66. The van der Waals surface area contributed by atoms with E-state index in [-0.39, 0.29) is 17.9 Å². The van der Waals surface area contributed by atoms with Crippen LogP contribution in [0.3, 0.4) is 0 Å². The molecule has 0 aliphatic carbocycles. The van der Waals surface area contributed by atoms with Gasteiger partial charge in [0, 0.05) is 32.2 Å². The van der Waals surface area contributed by atoms with Crippen molar-refractivity contribution in [2.45, 2.75) is 38.3 Å². The molecule has 2 heterocycles. The van der Waals surface area contributed by atoms with Gasteiger partial charge in [-0.05, 0) is 36.1 Å². The van der Waals surface area contributed by atoms with E-state index in [2.05, 4.69) is 60.4 Å². The van der Waals surface area contributed by atoms with E-state index < -0.39 is 0 Å². The minimum Gasteiger partial charge on any atom is -0.377 e. The number of hydrogen-bond donors (Lipinski definition) is 0. The second kappa shape index (κ2) is 8.89. The lowest BCUT2D eigenvalue weighted by molar-refractivity contribution is -0.133. The predicted molar refractivity (Wildman–Crippen MR) is 111 cm³/mol. The lowest BCUT2D eigenvalue weighted by atomic mass is 9.84. The van der Waals surface area contributed by atoms with Gasteiger partial charge in [-0.2, -0.15) is 0 Å². The first-order valence-corrected chi connectivity index (χ1v) is 10.5. The first-order valence-electron chi connectivity index (χ1n) is 10.5. The molecule has 2 aliphatic rings. The lowest BCUT2D eigenvalue weighted by Crippen LogP contribution is -2.45. The molecule has 1 amide bonds. The zero-order valence-electron chi connectivity index (χ0n) is 16.7. The summed E-state index contributed by atoms with van der Waals surface area (Å²) in [5.41, 5.74) is 3.89. The molecule has 2 aromatic rings. The molecule has 0 saturated carbocycles. The normalized spacial score (nSPS) is 21.7. The summed E-state index contributed by atoms with van der Waals surface area (Å²) < 4.78 is 5.77. The number of likely N-dealkylation sites (N-methyl/N-ethyl adjacent to an activating group) is 1. The summed E-state index contributed by atoms with van der Waals surface area (Å²) >= 11 is 0. The number of nitrogens with zero attached hydrogens (tertiary/aromatic N) is 2. The van der Waals surface area contributed by atoms with E-state index in [0.717, 1.165) is 39.1 Å². The van der Waals surface area contributed by atoms with Crippen molar-refractivity contribution in [2.75, 3.05) is 32.8 Å². The van der Waals surface area contributed by atoms with Gasteiger partial charge in [0.1, 0.15) is 0 Å². The molecule has 0 N–H and O–H groups in total. The van der Waals surface area contributed by atoms with Crippen LogP contribution in [-0.4, -0.2) is 54.6 Å². The second-order valence-corrected chi connectivity index (χ2v) is 7.90. The summed E-state index contributed by atoms with van der Waals surface area (Å²) in [5.74, 6) is 0.457. The molecular formula is C24H30N2O2. The van der Waals surface area contributed by atoms with Crippen LogP contribution in [0, 0.1) is 0 Å². The third-order valence-corrected chi connectivity index (χ3v) is 6.04. The number of ether oxygens (including phenoxy) is 1. The molecule has 2 aromatic carbocycles. The lowest BCUT2D eigenvalue weighted by Gasteiger charge is -2.36. The van der Waals surface area contributed by atoms with Crippen LogP contribution in [0.15, 0.2) is 54.6 Å². The van der Waals surface area contributed by atoms with Gasteiger partial charge < -0.3 is 9.64 Å². The van der Waals surface area contributed by atoms with E-state index in [1.165, 1.54) is 16.7 Å². The highest BCUT2D eigenvalue weighted by Crippen LogP contribution is 2.33. The minimum absolute atomic E-state index is 0.218. The van der Waals surface area contributed by atoms with Crippen LogP contribution in [0.1, 0.15) is 42.4 Å². The van der Waals surface area contributed by atoms with Crippen LogP contribution in [0.4, 0.5) is 0 Å². The summed E-state index contributed by atoms with van der Waals surface area (Å²) in [6.45, 7) is 6.64. The molecular weight excluding hydrogens is 348 g/mol. The Labute approximate surface area is 168 Å². The molecule has 0 aromatic heterocycles. The van der Waals surface area contributed by atoms with Crippen molar-refractivity contribution >= 4 is 5.91 Å². The van der Waals surface area contributed by atoms with Crippen molar-refractivity contribution in [3.8, 4) is 0 Å². The molecule has 148 valence electrons. The SMILES string of the molecule is CCN(CC(=O)N1Cc2ccccc2C(c2ccccc2)C1)CC1CCCO1. The molecule has 1 fully saturated rings. The van der Waals surface area contributed by atoms with E-state index in [4.69, 9.17) is 4.74 Å². The molecule has 0 spiro atoms. The maximum Gasteiger partial charge on any atom is 0.237 e. The van der Waals surface area contributed by atoms with Gasteiger partial charge >= 0.3 is 0 Å². The summed E-state index contributed by atoms with van der Waals surface area (Å²) in [4.78, 5) is 17.4. The number of fused-ring (bicyclic) bond motifs is 1. The first kappa shape index (κ1) is 19.2. The van der Waals surface area contributed by atoms with Crippen LogP contribution >= 0.6 is 0 Å². The number of rotatable bonds is 6. The Kier molecular flexibility index (Phi) is 6.08. The van der Waals surface area contributed by atoms with E-state index in [0.29, 0.717) is 13.1 Å². The standard InChI is InChI=1S/C24H30N2O2/c1-2-25(16-21-12-8-14-28-21)18-24(27)26-15-20-11-6-7-13-22(20)23(17-26)19-9-4-3-5-10-19/h3-7,9-11,13,21,23H,2,8,12,14-18H2,1H3. The Morgan fingerprint density at radius 3 is 2.68 bits per heavy atom. The minimum atomic E-state index is 0.218. The highest BCUT2D eigenvalue weighted by molar-refractivity contribution is 5.79. The molecule has 4 nitrogen and oxygen atoms in total. The summed E-state index contributed by atoms with van der Waals surface area (Å²) in [5, 5.41) is 0. The van der Waals surface area contributed by atoms with Gasteiger partial charge in [0.15, 0.2) is 0 Å². The van der Waals surface area contributed by atoms with Gasteiger partial charge in [0.2, 0.25) is 5.91 Å². The zero-order chi connectivity index (χ0) is 19.3. The van der Waals surface area contributed by atoms with Gasteiger partial charge in [-0.15, -0.1) is 0 Å². The Morgan fingerprint density at radius 1 is 1.14 bits per heavy atom. The number of hydrogen-bond acceptors (Lipinski definition) is 3. The van der Waals surface area contributed by atoms with E-state index >= 15 is 0 Å². The fourth-order valence-electron chi connectivity index (χ4n) is 4.44. The second-order valence-electron chi connectivity index (χ2n) is 7.90. The molecule has 0 bridgehead atoms. The number of carbonyl (C=O) groups is 1. The number of benzene rings is 2. The maximum atomic E-state index is 13.2. The van der Waals surface area contributed by atoms with Crippen LogP contribution in [0.5, 0.6) is 0 Å². The first-order chi connectivity index (χ1) is 13.7. The van der Waals surface area contributed by atoms with E-state index in [1.54, 1.807) is 0 Å². The third-order valence-electron chi connectivity index (χ3n) is 6.04. The molecule has 1 saturated heterocycles. The highest BCUT2D eigenvalue weighted by atomic mass is 16.5. The van der Waals surface area contributed by atoms with Crippen molar-refractivity contribution in [1.82, 2.24) is 9.80 Å². The van der Waals surface area contributed by atoms with Crippen molar-refractivity contribution < 1.29 is 9.53 Å². The summed E-state index contributed by atoms with van der Waals surface area (Å²) in [6.07, 6.45) is 2.53. The Balaban J connectivity index is 1.49. The quantitative estimate of drug-likeness (QED) is 0.769. The Bertz CT molecular complexity index is 786. The largest absolute Gasteiger partial charge is 0.377 e. The fraction of sp³-hybridized carbons (Fsp3) is 0.458. The average Bonchev–Trinajstić information content (AvgIpc) is 3.26. The topological polar surface area (TPSA) is 32.8 Å². The van der Waals surface area contributed by atoms with Gasteiger partial charge in [-0.3, -0.25) is 9.69 Å². The van der Waals surface area contributed by atoms with E-state index in [9.17, 15) is 4.79 Å². The van der Waals surface area contributed by atoms with Crippen LogP contribution in [0.2, 0.25) is 0 Å². The van der Waals surface area contributed by atoms with Crippen molar-refractivity contribution in [3.05, 3.63) is 71.3 Å². The van der Waals surface area contributed by atoms with Crippen LogP contribution < -0.4 is 0 Å². The third kappa shape index (κ3) is 4.29. The molecule has 4 heteroatoms. The highest BCUT2D eigenvalue weighted by Gasteiger charge is 2.30. The van der Waals surface area contributed by atoms with Crippen LogP contribution in [0.25, 0.3) is 0 Å². The van der Waals surface area contributed by atoms with Crippen LogP contribution in [-0.2, 0) is 16.1 Å². The molecule has 28 heavy (non-hydrogen) atoms. The monoisotopic (exact) mass is 378 g/mol. The average molecular weight is 379 g/mol. The molecule has 0 radical (unpaired) electrons. The molecule has 2 aliphatic heterocycles. The van der Waals surface area contributed by atoms with Gasteiger partial charge in [-0.1, -0.05) is 61.5 Å². The number of amides is 1. The molecule has 2 unspecified atom stereocenters. The van der Waals surface area contributed by atoms with Gasteiger partial charge in [0.25, 0.3) is 0 Å². The maximum absolute atomic E-state index is 13.2. The van der Waals surface area contributed by atoms with Gasteiger partial charge in [-0.25, -0.2) is 0 Å². The Hall–Kier alpha value is -2.17. The van der Waals surface area contributed by atoms with Gasteiger partial charge in [0.05, 0.1) is 12.6 Å². The molecule has 2 atom stereocenters. The number of carbonyl (C=O) groups excluding carboxylic acids is 1. The Morgan fingerprint density at radius 2 is 1.93 bits per heavy atom. The van der Waals surface area contributed by atoms with Crippen molar-refractivity contribution in [3.63, 3.8) is 0 Å². The molecule has 4 rings (SSSR count). The summed E-state index contributed by atoms with van der Waals surface area (Å²) in [6, 6.07) is 19.1. The van der Waals surface area contributed by atoms with Crippen molar-refractivity contribution in [1.29, 1.82) is 0 Å².